The van der Waals surface area contributed by atoms with Crippen molar-refractivity contribution in [1.29, 1.82) is 0 Å². The highest BCUT2D eigenvalue weighted by atomic mass is 35.7. The Morgan fingerprint density at radius 3 is 2.48 bits per heavy atom. The van der Waals surface area contributed by atoms with Gasteiger partial charge in [0.15, 0.2) is 0 Å². The lowest BCUT2D eigenvalue weighted by atomic mass is 10.2. The molecule has 0 fully saturated rings. The topological polar surface area (TPSA) is 43.4 Å². The first kappa shape index (κ1) is 16.1. The Morgan fingerprint density at radius 1 is 1.19 bits per heavy atom. The van der Waals surface area contributed by atoms with E-state index in [1.165, 1.54) is 30.3 Å². The molecule has 7 heteroatoms. The Morgan fingerprint density at radius 2 is 1.90 bits per heavy atom. The SMILES string of the molecule is Cc1cc(S(=O)(=O)Cl)ccc1OCc1ccc(Cl)c(F)c1. The van der Waals surface area contributed by atoms with E-state index in [-0.39, 0.29) is 16.5 Å². The zero-order valence-corrected chi connectivity index (χ0v) is 13.3. The van der Waals surface area contributed by atoms with Crippen LogP contribution in [0.15, 0.2) is 41.3 Å². The molecule has 0 N–H and O–H groups in total. The first-order valence-corrected chi connectivity index (χ1v) is 8.58. The quantitative estimate of drug-likeness (QED) is 0.774. The predicted octanol–water partition coefficient (Wildman–Crippen LogP) is 4.29. The van der Waals surface area contributed by atoms with Crippen LogP contribution in [0.3, 0.4) is 0 Å². The highest BCUT2D eigenvalue weighted by Gasteiger charge is 2.12. The monoisotopic (exact) mass is 348 g/mol. The van der Waals surface area contributed by atoms with Crippen molar-refractivity contribution in [2.45, 2.75) is 18.4 Å². The van der Waals surface area contributed by atoms with Crippen molar-refractivity contribution in [1.82, 2.24) is 0 Å². The van der Waals surface area contributed by atoms with Crippen LogP contribution >= 0.6 is 22.3 Å². The highest BCUT2D eigenvalue weighted by molar-refractivity contribution is 8.13. The summed E-state index contributed by atoms with van der Waals surface area (Å²) >= 11 is 5.60. The van der Waals surface area contributed by atoms with Crippen LogP contribution in [0.1, 0.15) is 11.1 Å². The Hall–Kier alpha value is -1.30. The molecule has 0 amide bonds. The van der Waals surface area contributed by atoms with E-state index in [1.54, 1.807) is 13.0 Å². The highest BCUT2D eigenvalue weighted by Crippen LogP contribution is 2.25. The lowest BCUT2D eigenvalue weighted by Crippen LogP contribution is -1.99. The van der Waals surface area contributed by atoms with E-state index in [0.717, 1.165) is 0 Å². The Bertz CT molecular complexity index is 776. The van der Waals surface area contributed by atoms with Gasteiger partial charge in [-0.1, -0.05) is 17.7 Å². The summed E-state index contributed by atoms with van der Waals surface area (Å²) in [6.07, 6.45) is 0. The average Bonchev–Trinajstić information content (AvgIpc) is 2.40. The second-order valence-electron chi connectivity index (χ2n) is 4.40. The number of ether oxygens (including phenoxy) is 1. The van der Waals surface area contributed by atoms with E-state index in [9.17, 15) is 12.8 Å². The maximum absolute atomic E-state index is 13.3. The fourth-order valence-electron chi connectivity index (χ4n) is 1.73. The van der Waals surface area contributed by atoms with Crippen molar-refractivity contribution in [3.8, 4) is 5.75 Å². The van der Waals surface area contributed by atoms with Crippen LogP contribution in [-0.4, -0.2) is 8.42 Å². The van der Waals surface area contributed by atoms with Gasteiger partial charge < -0.3 is 4.74 Å². The van der Waals surface area contributed by atoms with Crippen LogP contribution in [0.4, 0.5) is 4.39 Å². The molecule has 2 aromatic rings. The maximum atomic E-state index is 13.3. The smallest absolute Gasteiger partial charge is 0.261 e. The van der Waals surface area contributed by atoms with Gasteiger partial charge in [-0.2, -0.15) is 0 Å². The largest absolute Gasteiger partial charge is 0.489 e. The Labute approximate surface area is 131 Å². The van der Waals surface area contributed by atoms with Gasteiger partial charge >= 0.3 is 0 Å². The molecule has 3 nitrogen and oxygen atoms in total. The van der Waals surface area contributed by atoms with Gasteiger partial charge in [0.25, 0.3) is 9.05 Å². The predicted molar refractivity (Wildman–Crippen MR) is 80.0 cm³/mol. The second-order valence-corrected chi connectivity index (χ2v) is 7.38. The minimum absolute atomic E-state index is 0.00607. The number of aryl methyl sites for hydroxylation is 1. The van der Waals surface area contributed by atoms with Crippen molar-refractivity contribution in [2.75, 3.05) is 0 Å². The average molecular weight is 349 g/mol. The lowest BCUT2D eigenvalue weighted by molar-refractivity contribution is 0.303. The minimum atomic E-state index is -3.77. The van der Waals surface area contributed by atoms with E-state index in [4.69, 9.17) is 27.0 Å². The van der Waals surface area contributed by atoms with Crippen molar-refractivity contribution >= 4 is 31.3 Å². The van der Waals surface area contributed by atoms with Crippen molar-refractivity contribution in [3.63, 3.8) is 0 Å². The number of hydrogen-bond acceptors (Lipinski definition) is 3. The zero-order valence-electron chi connectivity index (χ0n) is 10.9. The molecule has 0 aliphatic carbocycles. The Kier molecular flexibility index (Phi) is 4.76. The molecule has 0 unspecified atom stereocenters. The minimum Gasteiger partial charge on any atom is -0.489 e. The molecule has 112 valence electrons. The summed E-state index contributed by atoms with van der Waals surface area (Å²) in [4.78, 5) is 0.00607. The summed E-state index contributed by atoms with van der Waals surface area (Å²) in [6, 6.07) is 8.67. The third-order valence-electron chi connectivity index (χ3n) is 2.81. The van der Waals surface area contributed by atoms with Crippen molar-refractivity contribution in [3.05, 3.63) is 58.4 Å². The number of rotatable bonds is 4. The van der Waals surface area contributed by atoms with Gasteiger partial charge in [0, 0.05) is 10.7 Å². The molecule has 21 heavy (non-hydrogen) atoms. The van der Waals surface area contributed by atoms with Crippen LogP contribution in [0.25, 0.3) is 0 Å². The summed E-state index contributed by atoms with van der Waals surface area (Å²) in [5.41, 5.74) is 1.23. The van der Waals surface area contributed by atoms with E-state index < -0.39 is 14.9 Å². The van der Waals surface area contributed by atoms with Crippen LogP contribution in [0.2, 0.25) is 5.02 Å². The molecule has 0 radical (unpaired) electrons. The van der Waals surface area contributed by atoms with Crippen LogP contribution in [0.5, 0.6) is 5.75 Å². The van der Waals surface area contributed by atoms with Gasteiger partial charge in [-0.3, -0.25) is 0 Å². The van der Waals surface area contributed by atoms with E-state index in [1.807, 2.05) is 0 Å². The first-order valence-electron chi connectivity index (χ1n) is 5.89. The van der Waals surface area contributed by atoms with Gasteiger partial charge in [-0.15, -0.1) is 0 Å². The molecule has 0 heterocycles. The molecular weight excluding hydrogens is 338 g/mol. The van der Waals surface area contributed by atoms with Crippen LogP contribution in [0, 0.1) is 12.7 Å². The van der Waals surface area contributed by atoms with E-state index >= 15 is 0 Å². The molecular formula is C14H11Cl2FO3S. The lowest BCUT2D eigenvalue weighted by Gasteiger charge is -2.10. The van der Waals surface area contributed by atoms with Gasteiger partial charge in [0.05, 0.1) is 9.92 Å². The molecule has 0 spiro atoms. The summed E-state index contributed by atoms with van der Waals surface area (Å²) in [6.45, 7) is 1.84. The Balaban J connectivity index is 2.15. The van der Waals surface area contributed by atoms with Crippen molar-refractivity contribution < 1.29 is 17.5 Å². The molecule has 0 saturated carbocycles. The normalized spacial score (nSPS) is 11.4. The summed E-state index contributed by atoms with van der Waals surface area (Å²) in [5, 5.41) is 0.0478. The zero-order chi connectivity index (χ0) is 15.6. The van der Waals surface area contributed by atoms with E-state index in [2.05, 4.69) is 0 Å². The second kappa shape index (κ2) is 6.22. The fourth-order valence-corrected chi connectivity index (χ4v) is 2.68. The maximum Gasteiger partial charge on any atom is 0.261 e. The van der Waals surface area contributed by atoms with Crippen LogP contribution in [-0.2, 0) is 15.7 Å². The third kappa shape index (κ3) is 4.09. The van der Waals surface area contributed by atoms with Gasteiger partial charge in [-0.05, 0) is 48.4 Å². The molecule has 2 aromatic carbocycles. The van der Waals surface area contributed by atoms with Gasteiger partial charge in [0.1, 0.15) is 18.2 Å². The number of halogens is 3. The van der Waals surface area contributed by atoms with Crippen molar-refractivity contribution in [2.24, 2.45) is 0 Å². The fraction of sp³-hybridized carbons (Fsp3) is 0.143. The molecule has 0 aliphatic rings. The molecule has 0 atom stereocenters. The standard InChI is InChI=1S/C14H11Cl2FO3S/c1-9-6-11(21(16,18)19)3-5-14(9)20-8-10-2-4-12(15)13(17)7-10/h2-7H,8H2,1H3. The molecule has 0 saturated heterocycles. The van der Waals surface area contributed by atoms with Gasteiger partial charge in [0.2, 0.25) is 0 Å². The number of hydrogen-bond donors (Lipinski definition) is 0. The van der Waals surface area contributed by atoms with E-state index in [0.29, 0.717) is 16.9 Å². The molecule has 0 aromatic heterocycles. The molecule has 0 bridgehead atoms. The molecule has 2 rings (SSSR count). The summed E-state index contributed by atoms with van der Waals surface area (Å²) in [5.74, 6) is -0.0208. The third-order valence-corrected chi connectivity index (χ3v) is 4.46. The summed E-state index contributed by atoms with van der Waals surface area (Å²) in [7, 11) is 1.50. The van der Waals surface area contributed by atoms with Crippen LogP contribution < -0.4 is 4.74 Å². The summed E-state index contributed by atoms with van der Waals surface area (Å²) < 4.78 is 41.3. The first-order chi connectivity index (χ1) is 9.77. The van der Waals surface area contributed by atoms with Gasteiger partial charge in [-0.25, -0.2) is 12.8 Å². The molecule has 0 aliphatic heterocycles. The number of benzene rings is 2.